The van der Waals surface area contributed by atoms with Gasteiger partial charge in [0.1, 0.15) is 0 Å². The number of aromatic carboxylic acids is 1. The molecule has 1 aromatic rings. The number of hydrogen-bond donors (Lipinski definition) is 2. The highest BCUT2D eigenvalue weighted by atomic mass is 16.6. The van der Waals surface area contributed by atoms with Crippen LogP contribution in [0.1, 0.15) is 16.8 Å². The minimum absolute atomic E-state index is 0.162. The first-order valence-electron chi connectivity index (χ1n) is 5.86. The predicted molar refractivity (Wildman–Crippen MR) is 68.2 cm³/mol. The molecular weight excluding hydrogens is 284 g/mol. The molecule has 0 saturated carbocycles. The second kappa shape index (κ2) is 5.19. The van der Waals surface area contributed by atoms with Crippen molar-refractivity contribution in [2.75, 3.05) is 11.4 Å². The van der Waals surface area contributed by atoms with Gasteiger partial charge in [-0.2, -0.15) is 0 Å². The molecule has 1 atom stereocenters. The summed E-state index contributed by atoms with van der Waals surface area (Å²) in [7, 11) is 0. The van der Waals surface area contributed by atoms with Crippen LogP contribution < -0.4 is 4.90 Å². The van der Waals surface area contributed by atoms with Crippen molar-refractivity contribution in [2.24, 2.45) is 5.92 Å². The lowest BCUT2D eigenvalue weighted by Crippen LogP contribution is -2.27. The zero-order valence-corrected chi connectivity index (χ0v) is 10.6. The molecule has 0 aromatic heterocycles. The Morgan fingerprint density at radius 3 is 2.48 bits per heavy atom. The Morgan fingerprint density at radius 1 is 1.33 bits per heavy atom. The van der Waals surface area contributed by atoms with Gasteiger partial charge in [-0.3, -0.25) is 19.7 Å². The molecule has 2 N–H and O–H groups in total. The highest BCUT2D eigenvalue weighted by Crippen LogP contribution is 2.31. The lowest BCUT2D eigenvalue weighted by Gasteiger charge is -2.18. The van der Waals surface area contributed by atoms with Gasteiger partial charge in [-0.05, 0) is 6.07 Å². The molecule has 2 rings (SSSR count). The average molecular weight is 294 g/mol. The van der Waals surface area contributed by atoms with Crippen molar-refractivity contribution in [3.63, 3.8) is 0 Å². The Kier molecular flexibility index (Phi) is 3.57. The quantitative estimate of drug-likeness (QED) is 0.616. The topological polar surface area (TPSA) is 138 Å². The molecule has 1 heterocycles. The SMILES string of the molecule is O=C(O)c1ccc([N+](=O)[O-])cc1N1CC(C(=O)O)CC1=O. The minimum atomic E-state index is -1.36. The average Bonchev–Trinajstić information content (AvgIpc) is 2.80. The normalized spacial score (nSPS) is 17.8. The largest absolute Gasteiger partial charge is 0.481 e. The van der Waals surface area contributed by atoms with E-state index in [1.807, 2.05) is 0 Å². The van der Waals surface area contributed by atoms with Crippen molar-refractivity contribution in [3.05, 3.63) is 33.9 Å². The van der Waals surface area contributed by atoms with Crippen LogP contribution in [0.15, 0.2) is 18.2 Å². The van der Waals surface area contributed by atoms with Gasteiger partial charge in [0.15, 0.2) is 0 Å². The lowest BCUT2D eigenvalue weighted by atomic mass is 10.1. The zero-order chi connectivity index (χ0) is 15.7. The predicted octanol–water partition coefficient (Wildman–Crippen LogP) is 0.731. The molecule has 0 radical (unpaired) electrons. The van der Waals surface area contributed by atoms with Crippen LogP contribution >= 0.6 is 0 Å². The molecule has 21 heavy (non-hydrogen) atoms. The van der Waals surface area contributed by atoms with E-state index in [1.165, 1.54) is 0 Å². The van der Waals surface area contributed by atoms with Gasteiger partial charge < -0.3 is 15.1 Å². The van der Waals surface area contributed by atoms with E-state index in [1.54, 1.807) is 0 Å². The Labute approximate surface area is 117 Å². The smallest absolute Gasteiger partial charge is 0.337 e. The van der Waals surface area contributed by atoms with E-state index in [0.29, 0.717) is 0 Å². The van der Waals surface area contributed by atoms with Crippen LogP contribution in [-0.2, 0) is 9.59 Å². The Balaban J connectivity index is 2.48. The van der Waals surface area contributed by atoms with Crippen molar-refractivity contribution >= 4 is 29.2 Å². The third-order valence-electron chi connectivity index (χ3n) is 3.19. The van der Waals surface area contributed by atoms with E-state index in [4.69, 9.17) is 10.2 Å². The van der Waals surface area contributed by atoms with Gasteiger partial charge in [-0.15, -0.1) is 0 Å². The van der Waals surface area contributed by atoms with Gasteiger partial charge >= 0.3 is 11.9 Å². The Morgan fingerprint density at radius 2 is 2.00 bits per heavy atom. The van der Waals surface area contributed by atoms with Crippen LogP contribution in [0.25, 0.3) is 0 Å². The van der Waals surface area contributed by atoms with Gasteiger partial charge in [-0.1, -0.05) is 0 Å². The zero-order valence-electron chi connectivity index (χ0n) is 10.6. The summed E-state index contributed by atoms with van der Waals surface area (Å²) in [5.74, 6) is -4.07. The number of carbonyl (C=O) groups is 3. The molecule has 0 aliphatic carbocycles. The summed E-state index contributed by atoms with van der Waals surface area (Å²) in [5, 5.41) is 28.8. The molecule has 1 aliphatic rings. The first-order valence-corrected chi connectivity index (χ1v) is 5.86. The van der Waals surface area contributed by atoms with Crippen molar-refractivity contribution < 1.29 is 29.5 Å². The number of rotatable bonds is 4. The number of hydrogen-bond acceptors (Lipinski definition) is 5. The molecule has 1 amide bonds. The standard InChI is InChI=1S/C12H10N2O7/c15-10-3-6(11(16)17)5-13(10)9-4-7(14(20)21)1-2-8(9)12(18)19/h1-2,4,6H,3,5H2,(H,16,17)(H,18,19). The highest BCUT2D eigenvalue weighted by molar-refractivity contribution is 6.05. The number of amides is 1. The molecule has 0 spiro atoms. The molecule has 0 bridgehead atoms. The maximum Gasteiger partial charge on any atom is 0.337 e. The van der Waals surface area contributed by atoms with Gasteiger partial charge in [0.25, 0.3) is 5.69 Å². The van der Waals surface area contributed by atoms with Gasteiger partial charge in [0, 0.05) is 25.1 Å². The van der Waals surface area contributed by atoms with Crippen LogP contribution in [0.2, 0.25) is 0 Å². The highest BCUT2D eigenvalue weighted by Gasteiger charge is 2.37. The van der Waals surface area contributed by atoms with E-state index in [-0.39, 0.29) is 29.9 Å². The molecule has 110 valence electrons. The third kappa shape index (κ3) is 2.66. The minimum Gasteiger partial charge on any atom is -0.481 e. The van der Waals surface area contributed by atoms with Crippen molar-refractivity contribution in [2.45, 2.75) is 6.42 Å². The van der Waals surface area contributed by atoms with E-state index >= 15 is 0 Å². The summed E-state index contributed by atoms with van der Waals surface area (Å²) in [5.41, 5.74) is -0.827. The van der Waals surface area contributed by atoms with Crippen LogP contribution in [0.4, 0.5) is 11.4 Å². The first kappa shape index (κ1) is 14.4. The second-order valence-electron chi connectivity index (χ2n) is 4.51. The van der Waals surface area contributed by atoms with Crippen molar-refractivity contribution in [1.82, 2.24) is 0 Å². The summed E-state index contributed by atoms with van der Waals surface area (Å²) in [6.07, 6.45) is -0.267. The van der Waals surface area contributed by atoms with E-state index in [2.05, 4.69) is 0 Å². The van der Waals surface area contributed by atoms with Crippen LogP contribution in [0.3, 0.4) is 0 Å². The third-order valence-corrected chi connectivity index (χ3v) is 3.19. The van der Waals surface area contributed by atoms with Gasteiger partial charge in [0.2, 0.25) is 5.91 Å². The maximum atomic E-state index is 11.8. The Bertz CT molecular complexity index is 655. The fourth-order valence-electron chi connectivity index (χ4n) is 2.14. The summed E-state index contributed by atoms with van der Waals surface area (Å²) in [4.78, 5) is 44.9. The summed E-state index contributed by atoms with van der Waals surface area (Å²) in [6.45, 7) is -0.213. The molecule has 1 saturated heterocycles. The number of non-ortho nitro benzene ring substituents is 1. The maximum absolute atomic E-state index is 11.8. The first-order chi connectivity index (χ1) is 9.81. The summed E-state index contributed by atoms with van der Waals surface area (Å²) in [6, 6.07) is 3.00. The van der Waals surface area contributed by atoms with E-state index in [9.17, 15) is 24.5 Å². The molecule has 9 nitrogen and oxygen atoms in total. The monoisotopic (exact) mass is 294 g/mol. The number of benzene rings is 1. The molecule has 9 heteroatoms. The van der Waals surface area contributed by atoms with E-state index in [0.717, 1.165) is 23.1 Å². The van der Waals surface area contributed by atoms with Crippen LogP contribution in [0.5, 0.6) is 0 Å². The summed E-state index contributed by atoms with van der Waals surface area (Å²) >= 11 is 0. The number of nitrogens with zero attached hydrogens (tertiary/aromatic N) is 2. The Hall–Kier alpha value is -2.97. The van der Waals surface area contributed by atoms with Gasteiger partial charge in [-0.25, -0.2) is 4.79 Å². The van der Waals surface area contributed by atoms with Crippen molar-refractivity contribution in [3.8, 4) is 0 Å². The number of nitro benzene ring substituents is 1. The summed E-state index contributed by atoms with van der Waals surface area (Å²) < 4.78 is 0. The van der Waals surface area contributed by atoms with Gasteiger partial charge in [0.05, 0.1) is 22.1 Å². The van der Waals surface area contributed by atoms with Crippen LogP contribution in [0, 0.1) is 16.0 Å². The van der Waals surface area contributed by atoms with E-state index < -0.39 is 28.7 Å². The van der Waals surface area contributed by atoms with Crippen molar-refractivity contribution in [1.29, 1.82) is 0 Å². The molecular formula is C12H10N2O7. The lowest BCUT2D eigenvalue weighted by molar-refractivity contribution is -0.384. The number of carbonyl (C=O) groups excluding carboxylic acids is 1. The number of nitro groups is 1. The van der Waals surface area contributed by atoms with Crippen LogP contribution in [-0.4, -0.2) is 39.5 Å². The molecule has 1 unspecified atom stereocenters. The fraction of sp³-hybridized carbons (Fsp3) is 0.250. The molecule has 1 aliphatic heterocycles. The number of anilines is 1. The number of carboxylic acids is 2. The number of aliphatic carboxylic acids is 1. The number of carboxylic acid groups (broad SMARTS) is 2. The second-order valence-corrected chi connectivity index (χ2v) is 4.51. The fourth-order valence-corrected chi connectivity index (χ4v) is 2.14. The molecule has 1 aromatic carbocycles. The molecule has 1 fully saturated rings.